The molecule has 0 atom stereocenters. The van der Waals surface area contributed by atoms with Crippen molar-refractivity contribution in [3.63, 3.8) is 0 Å². The Hall–Kier alpha value is -2.34. The lowest BCUT2D eigenvalue weighted by atomic mass is 9.93. The van der Waals surface area contributed by atoms with Crippen LogP contribution in [0.15, 0.2) is 34.9 Å². The molecule has 0 aliphatic carbocycles. The minimum absolute atomic E-state index is 0.00951. The molecule has 1 fully saturated rings. The average Bonchev–Trinajstić information content (AvgIpc) is 3.04. The van der Waals surface area contributed by atoms with E-state index in [9.17, 15) is 9.59 Å². The number of carboxylic acids is 1. The summed E-state index contributed by atoms with van der Waals surface area (Å²) in [4.78, 5) is 29.3. The summed E-state index contributed by atoms with van der Waals surface area (Å²) < 4.78 is 5.45. The molecular formula is C18H19ClN2O4. The topological polar surface area (TPSA) is 83.6 Å². The highest BCUT2D eigenvalue weighted by Crippen LogP contribution is 2.23. The molecule has 1 amide bonds. The molecule has 0 unspecified atom stereocenters. The molecule has 1 saturated heterocycles. The van der Waals surface area contributed by atoms with E-state index in [-0.39, 0.29) is 24.7 Å². The Balaban J connectivity index is 1.55. The third-order valence-corrected chi connectivity index (χ3v) is 4.66. The molecule has 2 aromatic rings. The number of aromatic nitrogens is 1. The van der Waals surface area contributed by atoms with Crippen molar-refractivity contribution in [2.24, 2.45) is 5.92 Å². The van der Waals surface area contributed by atoms with Crippen LogP contribution in [0.25, 0.3) is 11.5 Å². The first-order valence-corrected chi connectivity index (χ1v) is 8.59. The molecule has 132 valence electrons. The first kappa shape index (κ1) is 17.5. The number of halogens is 1. The van der Waals surface area contributed by atoms with E-state index in [1.165, 1.54) is 6.26 Å². The van der Waals surface area contributed by atoms with Crippen LogP contribution in [-0.4, -0.2) is 40.0 Å². The van der Waals surface area contributed by atoms with Crippen molar-refractivity contribution in [2.75, 3.05) is 13.1 Å². The standard InChI is InChI=1S/C18H19ClN2O4/c19-14-3-1-13(2-4-14)18-20-15(11-25-18)10-16(22)21-7-5-12(6-8-21)9-17(23)24/h1-4,11-12H,5-10H2,(H,23,24). The van der Waals surface area contributed by atoms with Gasteiger partial charge in [-0.3, -0.25) is 9.59 Å². The van der Waals surface area contributed by atoms with Gasteiger partial charge in [0.15, 0.2) is 0 Å². The molecule has 0 spiro atoms. The molecule has 7 heteroatoms. The van der Waals surface area contributed by atoms with Crippen molar-refractivity contribution in [2.45, 2.75) is 25.7 Å². The number of carbonyl (C=O) groups excluding carboxylic acids is 1. The second-order valence-corrected chi connectivity index (χ2v) is 6.69. The summed E-state index contributed by atoms with van der Waals surface area (Å²) in [6.07, 6.45) is 3.31. The Morgan fingerprint density at radius 3 is 2.56 bits per heavy atom. The largest absolute Gasteiger partial charge is 0.481 e. The monoisotopic (exact) mass is 362 g/mol. The number of aliphatic carboxylic acids is 1. The molecule has 25 heavy (non-hydrogen) atoms. The van der Waals surface area contributed by atoms with Gasteiger partial charge in [0.05, 0.1) is 12.1 Å². The van der Waals surface area contributed by atoms with E-state index in [2.05, 4.69) is 4.98 Å². The van der Waals surface area contributed by atoms with Crippen molar-refractivity contribution in [1.82, 2.24) is 9.88 Å². The lowest BCUT2D eigenvalue weighted by Gasteiger charge is -2.31. The van der Waals surface area contributed by atoms with Crippen LogP contribution < -0.4 is 0 Å². The van der Waals surface area contributed by atoms with E-state index < -0.39 is 5.97 Å². The van der Waals surface area contributed by atoms with Crippen LogP contribution >= 0.6 is 11.6 Å². The van der Waals surface area contributed by atoms with E-state index in [0.717, 1.165) is 18.4 Å². The van der Waals surface area contributed by atoms with Crippen molar-refractivity contribution in [3.8, 4) is 11.5 Å². The maximum absolute atomic E-state index is 12.4. The van der Waals surface area contributed by atoms with Gasteiger partial charge in [0.25, 0.3) is 0 Å². The van der Waals surface area contributed by atoms with Crippen molar-refractivity contribution in [1.29, 1.82) is 0 Å². The van der Waals surface area contributed by atoms with Crippen LogP contribution in [-0.2, 0) is 16.0 Å². The SMILES string of the molecule is O=C(O)CC1CCN(C(=O)Cc2coc(-c3ccc(Cl)cc3)n2)CC1. The first-order valence-electron chi connectivity index (χ1n) is 8.21. The van der Waals surface area contributed by atoms with Gasteiger partial charge in [-0.05, 0) is 43.0 Å². The highest BCUT2D eigenvalue weighted by Gasteiger charge is 2.25. The second kappa shape index (κ2) is 7.70. The lowest BCUT2D eigenvalue weighted by molar-refractivity contribution is -0.138. The van der Waals surface area contributed by atoms with Crippen molar-refractivity contribution < 1.29 is 19.1 Å². The zero-order valence-corrected chi connectivity index (χ0v) is 14.4. The van der Waals surface area contributed by atoms with E-state index in [4.69, 9.17) is 21.1 Å². The smallest absolute Gasteiger partial charge is 0.303 e. The van der Waals surface area contributed by atoms with Gasteiger partial charge in [-0.2, -0.15) is 0 Å². The third-order valence-electron chi connectivity index (χ3n) is 4.41. The maximum atomic E-state index is 12.4. The van der Waals surface area contributed by atoms with Gasteiger partial charge in [0.2, 0.25) is 11.8 Å². The van der Waals surface area contributed by atoms with Gasteiger partial charge in [0, 0.05) is 30.1 Å². The minimum Gasteiger partial charge on any atom is -0.481 e. The van der Waals surface area contributed by atoms with Crippen LogP contribution in [0.4, 0.5) is 0 Å². The summed E-state index contributed by atoms with van der Waals surface area (Å²) in [5, 5.41) is 9.48. The average molecular weight is 363 g/mol. The first-order chi connectivity index (χ1) is 12.0. The summed E-state index contributed by atoms with van der Waals surface area (Å²) in [5.74, 6) is -0.170. The molecule has 0 saturated carbocycles. The predicted octanol–water partition coefficient (Wildman–Crippen LogP) is 3.25. The van der Waals surface area contributed by atoms with Crippen LogP contribution in [0.2, 0.25) is 5.02 Å². The van der Waals surface area contributed by atoms with Gasteiger partial charge >= 0.3 is 5.97 Å². The number of carbonyl (C=O) groups is 2. The molecular weight excluding hydrogens is 344 g/mol. The van der Waals surface area contributed by atoms with Gasteiger partial charge in [-0.25, -0.2) is 4.98 Å². The van der Waals surface area contributed by atoms with Crippen molar-refractivity contribution >= 4 is 23.5 Å². The Morgan fingerprint density at radius 2 is 1.92 bits per heavy atom. The normalized spacial score (nSPS) is 15.3. The summed E-state index contributed by atoms with van der Waals surface area (Å²) in [6.45, 7) is 1.19. The fourth-order valence-corrected chi connectivity index (χ4v) is 3.14. The molecule has 0 radical (unpaired) electrons. The molecule has 1 aliphatic rings. The van der Waals surface area contributed by atoms with Crippen LogP contribution in [0.1, 0.15) is 25.0 Å². The van der Waals surface area contributed by atoms with Crippen LogP contribution in [0, 0.1) is 5.92 Å². The molecule has 3 rings (SSSR count). The number of likely N-dealkylation sites (tertiary alicyclic amines) is 1. The molecule has 6 nitrogen and oxygen atoms in total. The summed E-state index contributed by atoms with van der Waals surface area (Å²) in [5.41, 5.74) is 1.39. The Labute approximate surface area is 150 Å². The Kier molecular flexibility index (Phi) is 5.38. The molecule has 0 bridgehead atoms. The fraction of sp³-hybridized carbons (Fsp3) is 0.389. The number of oxazole rings is 1. The van der Waals surface area contributed by atoms with E-state index in [1.54, 1.807) is 17.0 Å². The molecule has 1 aromatic carbocycles. The number of hydrogen-bond donors (Lipinski definition) is 1. The van der Waals surface area contributed by atoms with Gasteiger partial charge in [0.1, 0.15) is 6.26 Å². The predicted molar refractivity (Wildman–Crippen MR) is 92.2 cm³/mol. The van der Waals surface area contributed by atoms with Gasteiger partial charge in [-0.1, -0.05) is 11.6 Å². The maximum Gasteiger partial charge on any atom is 0.303 e. The minimum atomic E-state index is -0.776. The Morgan fingerprint density at radius 1 is 1.24 bits per heavy atom. The van der Waals surface area contributed by atoms with Gasteiger partial charge in [-0.15, -0.1) is 0 Å². The fourth-order valence-electron chi connectivity index (χ4n) is 3.01. The quantitative estimate of drug-likeness (QED) is 0.882. The third kappa shape index (κ3) is 4.60. The number of piperidine rings is 1. The number of nitrogens with zero attached hydrogens (tertiary/aromatic N) is 2. The molecule has 1 aromatic heterocycles. The lowest BCUT2D eigenvalue weighted by Crippen LogP contribution is -2.39. The second-order valence-electron chi connectivity index (χ2n) is 6.25. The van der Waals surface area contributed by atoms with Crippen LogP contribution in [0.5, 0.6) is 0 Å². The van der Waals surface area contributed by atoms with Crippen LogP contribution in [0.3, 0.4) is 0 Å². The van der Waals surface area contributed by atoms with Crippen molar-refractivity contribution in [3.05, 3.63) is 41.2 Å². The highest BCUT2D eigenvalue weighted by molar-refractivity contribution is 6.30. The zero-order chi connectivity index (χ0) is 17.8. The Bertz CT molecular complexity index is 749. The zero-order valence-electron chi connectivity index (χ0n) is 13.7. The molecule has 2 heterocycles. The summed E-state index contributed by atoms with van der Waals surface area (Å²) in [6, 6.07) is 7.14. The van der Waals surface area contributed by atoms with E-state index in [0.29, 0.717) is 29.7 Å². The summed E-state index contributed by atoms with van der Waals surface area (Å²) >= 11 is 5.86. The number of amides is 1. The summed E-state index contributed by atoms with van der Waals surface area (Å²) in [7, 11) is 0. The molecule has 1 N–H and O–H groups in total. The van der Waals surface area contributed by atoms with Gasteiger partial charge < -0.3 is 14.4 Å². The number of rotatable bonds is 5. The van der Waals surface area contributed by atoms with E-state index in [1.807, 2.05) is 12.1 Å². The van der Waals surface area contributed by atoms with E-state index >= 15 is 0 Å². The number of benzene rings is 1. The number of carboxylic acid groups (broad SMARTS) is 1. The highest BCUT2D eigenvalue weighted by atomic mass is 35.5. The number of hydrogen-bond acceptors (Lipinski definition) is 4. The molecule has 1 aliphatic heterocycles.